The molecule has 0 saturated heterocycles. The van der Waals surface area contributed by atoms with E-state index in [1.54, 1.807) is 25.1 Å². The predicted octanol–water partition coefficient (Wildman–Crippen LogP) is 4.55. The Hall–Kier alpha value is -3.79. The second-order valence-corrected chi connectivity index (χ2v) is 7.00. The number of methoxy groups -OCH3 is 1. The van der Waals surface area contributed by atoms with Gasteiger partial charge in [-0.2, -0.15) is 5.26 Å². The molecule has 0 radical (unpaired) electrons. The average molecular weight is 437 g/mol. The molecule has 0 N–H and O–H groups in total. The van der Waals surface area contributed by atoms with E-state index in [1.807, 2.05) is 38.1 Å². The lowest BCUT2D eigenvalue weighted by atomic mass is 10.1. The van der Waals surface area contributed by atoms with Crippen molar-refractivity contribution in [1.29, 1.82) is 5.26 Å². The van der Waals surface area contributed by atoms with Gasteiger partial charge in [0, 0.05) is 6.42 Å². The van der Waals surface area contributed by atoms with Gasteiger partial charge in [-0.15, -0.1) is 0 Å². The number of benzene rings is 2. The van der Waals surface area contributed by atoms with Crippen LogP contribution in [0.4, 0.5) is 0 Å². The molecular formula is C25H27NO6. The SMILES string of the molecule is CCOC(=O)/C(C#N)=C/c1ccc(OC(=O)CCCOc2cc(C)ccc2C)c(OC)c1. The molecule has 0 bridgehead atoms. The topological polar surface area (TPSA) is 94.9 Å². The molecule has 168 valence electrons. The summed E-state index contributed by atoms with van der Waals surface area (Å²) in [5.74, 6) is 0.246. The standard InChI is InChI=1S/C25H27NO6/c1-5-30-25(28)20(16-26)14-19-10-11-21(23(15-19)29-4)32-24(27)7-6-12-31-22-13-17(2)8-9-18(22)3/h8-11,13-15H,5-7,12H2,1-4H3/b20-14+. The van der Waals surface area contributed by atoms with Gasteiger partial charge in [-0.1, -0.05) is 18.2 Å². The molecular weight excluding hydrogens is 410 g/mol. The van der Waals surface area contributed by atoms with Crippen molar-refractivity contribution < 1.29 is 28.5 Å². The van der Waals surface area contributed by atoms with Crippen LogP contribution in [0.3, 0.4) is 0 Å². The van der Waals surface area contributed by atoms with E-state index in [-0.39, 0.29) is 24.4 Å². The van der Waals surface area contributed by atoms with Crippen LogP contribution in [0.15, 0.2) is 42.0 Å². The number of ether oxygens (including phenoxy) is 4. The largest absolute Gasteiger partial charge is 0.493 e. The summed E-state index contributed by atoms with van der Waals surface area (Å²) in [4.78, 5) is 24.0. The third kappa shape index (κ3) is 7.17. The van der Waals surface area contributed by atoms with Crippen LogP contribution in [0.5, 0.6) is 17.2 Å². The first-order valence-electron chi connectivity index (χ1n) is 10.3. The number of rotatable bonds is 10. The zero-order valence-electron chi connectivity index (χ0n) is 18.8. The molecule has 0 saturated carbocycles. The molecule has 0 aliphatic heterocycles. The van der Waals surface area contributed by atoms with Crippen LogP contribution in [0.2, 0.25) is 0 Å². The van der Waals surface area contributed by atoms with Crippen LogP contribution in [0.25, 0.3) is 6.08 Å². The Balaban J connectivity index is 1.95. The highest BCUT2D eigenvalue weighted by molar-refractivity contribution is 5.98. The van der Waals surface area contributed by atoms with Crippen molar-refractivity contribution in [3.05, 3.63) is 58.7 Å². The first kappa shape index (κ1) is 24.5. The van der Waals surface area contributed by atoms with Crippen LogP contribution in [-0.4, -0.2) is 32.3 Å². The number of aryl methyl sites for hydroxylation is 2. The maximum Gasteiger partial charge on any atom is 0.348 e. The third-order valence-corrected chi connectivity index (χ3v) is 4.46. The molecule has 32 heavy (non-hydrogen) atoms. The van der Waals surface area contributed by atoms with Gasteiger partial charge in [0.05, 0.1) is 20.3 Å². The molecule has 7 heteroatoms. The van der Waals surface area contributed by atoms with Gasteiger partial charge >= 0.3 is 11.9 Å². The van der Waals surface area contributed by atoms with Crippen molar-refractivity contribution in [1.82, 2.24) is 0 Å². The van der Waals surface area contributed by atoms with Crippen molar-refractivity contribution >= 4 is 18.0 Å². The Kier molecular flexibility index (Phi) is 9.30. The first-order chi connectivity index (χ1) is 15.4. The van der Waals surface area contributed by atoms with Crippen molar-refractivity contribution in [3.63, 3.8) is 0 Å². The molecule has 0 aromatic heterocycles. The van der Waals surface area contributed by atoms with E-state index in [2.05, 4.69) is 0 Å². The van der Waals surface area contributed by atoms with Gasteiger partial charge in [0.1, 0.15) is 17.4 Å². The minimum Gasteiger partial charge on any atom is -0.493 e. The third-order valence-electron chi connectivity index (χ3n) is 4.46. The molecule has 7 nitrogen and oxygen atoms in total. The van der Waals surface area contributed by atoms with Crippen molar-refractivity contribution in [2.24, 2.45) is 0 Å². The quantitative estimate of drug-likeness (QED) is 0.177. The molecule has 2 aromatic carbocycles. The van der Waals surface area contributed by atoms with E-state index in [0.717, 1.165) is 16.9 Å². The summed E-state index contributed by atoms with van der Waals surface area (Å²) in [5.41, 5.74) is 2.55. The molecule has 0 unspecified atom stereocenters. The minimum atomic E-state index is -0.701. The molecule has 0 spiro atoms. The van der Waals surface area contributed by atoms with Crippen LogP contribution >= 0.6 is 0 Å². The number of hydrogen-bond acceptors (Lipinski definition) is 7. The van der Waals surface area contributed by atoms with Gasteiger partial charge < -0.3 is 18.9 Å². The molecule has 2 aromatic rings. The fourth-order valence-corrected chi connectivity index (χ4v) is 2.81. The minimum absolute atomic E-state index is 0.137. The van der Waals surface area contributed by atoms with Gasteiger partial charge in [0.25, 0.3) is 0 Å². The Morgan fingerprint density at radius 2 is 1.84 bits per heavy atom. The van der Waals surface area contributed by atoms with Crippen LogP contribution in [0.1, 0.15) is 36.5 Å². The zero-order chi connectivity index (χ0) is 23.5. The molecule has 0 aliphatic rings. The highest BCUT2D eigenvalue weighted by Crippen LogP contribution is 2.29. The molecule has 0 amide bonds. The van der Waals surface area contributed by atoms with E-state index in [0.29, 0.717) is 24.3 Å². The monoisotopic (exact) mass is 437 g/mol. The maximum absolute atomic E-state index is 12.2. The van der Waals surface area contributed by atoms with E-state index in [1.165, 1.54) is 13.2 Å². The van der Waals surface area contributed by atoms with Gasteiger partial charge in [-0.25, -0.2) is 4.79 Å². The summed E-state index contributed by atoms with van der Waals surface area (Å²) in [7, 11) is 1.44. The maximum atomic E-state index is 12.2. The second-order valence-electron chi connectivity index (χ2n) is 7.00. The molecule has 2 rings (SSSR count). The van der Waals surface area contributed by atoms with Gasteiger partial charge in [0.15, 0.2) is 11.5 Å². The fourth-order valence-electron chi connectivity index (χ4n) is 2.81. The van der Waals surface area contributed by atoms with Crippen molar-refractivity contribution in [3.8, 4) is 23.3 Å². The summed E-state index contributed by atoms with van der Waals surface area (Å²) in [6, 6.07) is 12.5. The van der Waals surface area contributed by atoms with Crippen molar-refractivity contribution in [2.75, 3.05) is 20.3 Å². The molecule has 0 atom stereocenters. The molecule has 0 fully saturated rings. The fraction of sp³-hybridized carbons (Fsp3) is 0.320. The summed E-state index contributed by atoms with van der Waals surface area (Å²) in [5, 5.41) is 9.16. The average Bonchev–Trinajstić information content (AvgIpc) is 2.78. The summed E-state index contributed by atoms with van der Waals surface area (Å²) in [6.07, 6.45) is 2.06. The second kappa shape index (κ2) is 12.2. The normalized spacial score (nSPS) is 10.8. The summed E-state index contributed by atoms with van der Waals surface area (Å²) >= 11 is 0. The van der Waals surface area contributed by atoms with E-state index in [9.17, 15) is 9.59 Å². The summed E-state index contributed by atoms with van der Waals surface area (Å²) < 4.78 is 21.3. The Morgan fingerprint density at radius 3 is 2.53 bits per heavy atom. The van der Waals surface area contributed by atoms with Crippen molar-refractivity contribution in [2.45, 2.75) is 33.6 Å². The van der Waals surface area contributed by atoms with E-state index in [4.69, 9.17) is 24.2 Å². The lowest BCUT2D eigenvalue weighted by Gasteiger charge is -2.11. The first-order valence-corrected chi connectivity index (χ1v) is 10.3. The number of esters is 2. The van der Waals surface area contributed by atoms with Crippen LogP contribution in [-0.2, 0) is 14.3 Å². The lowest BCUT2D eigenvalue weighted by Crippen LogP contribution is -2.11. The van der Waals surface area contributed by atoms with Gasteiger partial charge in [-0.05, 0) is 68.2 Å². The highest BCUT2D eigenvalue weighted by atomic mass is 16.6. The number of nitrogens with zero attached hydrogens (tertiary/aromatic N) is 1. The van der Waals surface area contributed by atoms with E-state index >= 15 is 0 Å². The number of nitriles is 1. The number of carbonyl (C=O) groups is 2. The zero-order valence-corrected chi connectivity index (χ0v) is 18.8. The number of carbonyl (C=O) groups excluding carboxylic acids is 2. The van der Waals surface area contributed by atoms with Crippen LogP contribution < -0.4 is 14.2 Å². The lowest BCUT2D eigenvalue weighted by molar-refractivity contribution is -0.138. The molecule has 0 aliphatic carbocycles. The highest BCUT2D eigenvalue weighted by Gasteiger charge is 2.13. The summed E-state index contributed by atoms with van der Waals surface area (Å²) in [6.45, 7) is 6.20. The van der Waals surface area contributed by atoms with Crippen LogP contribution in [0, 0.1) is 25.2 Å². The predicted molar refractivity (Wildman–Crippen MR) is 119 cm³/mol. The Morgan fingerprint density at radius 1 is 1.06 bits per heavy atom. The van der Waals surface area contributed by atoms with Gasteiger partial charge in [0.2, 0.25) is 0 Å². The van der Waals surface area contributed by atoms with Gasteiger partial charge in [-0.3, -0.25) is 4.79 Å². The smallest absolute Gasteiger partial charge is 0.348 e. The Bertz CT molecular complexity index is 1040. The Labute approximate surface area is 188 Å². The number of hydrogen-bond donors (Lipinski definition) is 0. The van der Waals surface area contributed by atoms with E-state index < -0.39 is 11.9 Å². The molecule has 0 heterocycles.